The topological polar surface area (TPSA) is 95.3 Å². The van der Waals surface area contributed by atoms with Crippen molar-refractivity contribution in [3.8, 4) is 22.9 Å². The maximum Gasteiger partial charge on any atom is 0.268 e. The van der Waals surface area contributed by atoms with Gasteiger partial charge in [0, 0.05) is 18.0 Å². The Kier molecular flexibility index (Phi) is 5.92. The highest BCUT2D eigenvalue weighted by Crippen LogP contribution is 2.31. The van der Waals surface area contributed by atoms with Crippen LogP contribution in [0.3, 0.4) is 0 Å². The highest BCUT2D eigenvalue weighted by atomic mass is 19.3. The second kappa shape index (κ2) is 8.82. The van der Waals surface area contributed by atoms with E-state index in [4.69, 9.17) is 10.00 Å². The fourth-order valence-electron chi connectivity index (χ4n) is 3.85. The molecule has 0 radical (unpaired) electrons. The van der Waals surface area contributed by atoms with Crippen molar-refractivity contribution in [3.05, 3.63) is 60.3 Å². The maximum absolute atomic E-state index is 13.6. The molecule has 1 N–H and O–H groups in total. The molecule has 0 saturated carbocycles. The summed E-state index contributed by atoms with van der Waals surface area (Å²) in [5, 5.41) is 12.1. The van der Waals surface area contributed by atoms with Crippen LogP contribution < -0.4 is 10.1 Å². The molecule has 2 heterocycles. The first-order valence-electron chi connectivity index (χ1n) is 10.2. The van der Waals surface area contributed by atoms with Gasteiger partial charge in [0.1, 0.15) is 11.8 Å². The standard InChI is InChI=1S/C24H20F2N4O3/c1-33-18-5-2-15(3-6-18)16-4-7-21-20(10-16)19(8-9-28-21)23(32)29-13-22(31)30-14-24(25,26)11-17(30)12-27/h2-10,17H,11,13-14H2,1H3,(H,29,32)/t17-/m0/s1. The second-order valence-corrected chi connectivity index (χ2v) is 7.73. The third-order valence-corrected chi connectivity index (χ3v) is 5.55. The summed E-state index contributed by atoms with van der Waals surface area (Å²) in [6, 6.07) is 15.0. The van der Waals surface area contributed by atoms with Crippen LogP contribution in [0.5, 0.6) is 5.75 Å². The van der Waals surface area contributed by atoms with Gasteiger partial charge in [-0.05, 0) is 41.5 Å². The predicted molar refractivity (Wildman–Crippen MR) is 117 cm³/mol. The number of carbonyl (C=O) groups excluding carboxylic acids is 2. The van der Waals surface area contributed by atoms with Crippen molar-refractivity contribution in [1.82, 2.24) is 15.2 Å². The molecule has 0 bridgehead atoms. The number of halogens is 2. The van der Waals surface area contributed by atoms with Crippen molar-refractivity contribution in [2.24, 2.45) is 0 Å². The molecule has 1 aromatic heterocycles. The molecule has 33 heavy (non-hydrogen) atoms. The molecule has 7 nitrogen and oxygen atoms in total. The van der Waals surface area contributed by atoms with Crippen LogP contribution in [0.4, 0.5) is 8.78 Å². The average molecular weight is 450 g/mol. The van der Waals surface area contributed by atoms with Crippen LogP contribution in [0.1, 0.15) is 16.8 Å². The fraction of sp³-hybridized carbons (Fsp3) is 0.250. The molecule has 0 aliphatic carbocycles. The number of aromatic nitrogens is 1. The Balaban J connectivity index is 1.54. The summed E-state index contributed by atoms with van der Waals surface area (Å²) < 4.78 is 32.4. The minimum atomic E-state index is -3.11. The third-order valence-electron chi connectivity index (χ3n) is 5.55. The third kappa shape index (κ3) is 4.60. The summed E-state index contributed by atoms with van der Waals surface area (Å²) in [7, 11) is 1.59. The molecule has 2 aromatic carbocycles. The number of ether oxygens (including phenoxy) is 1. The van der Waals surface area contributed by atoms with Crippen LogP contribution >= 0.6 is 0 Å². The lowest BCUT2D eigenvalue weighted by atomic mass is 10.0. The fourth-order valence-corrected chi connectivity index (χ4v) is 3.85. The number of amides is 2. The van der Waals surface area contributed by atoms with Gasteiger partial charge >= 0.3 is 0 Å². The number of fused-ring (bicyclic) bond motifs is 1. The number of nitriles is 1. The van der Waals surface area contributed by atoms with Gasteiger partial charge in [0.25, 0.3) is 11.8 Å². The molecule has 9 heteroatoms. The van der Waals surface area contributed by atoms with Gasteiger partial charge < -0.3 is 15.0 Å². The molecule has 1 aliphatic heterocycles. The van der Waals surface area contributed by atoms with Crippen LogP contribution in [-0.2, 0) is 4.79 Å². The zero-order chi connectivity index (χ0) is 23.6. The van der Waals surface area contributed by atoms with Crippen LogP contribution in [0, 0.1) is 11.3 Å². The molecule has 0 spiro atoms. The molecule has 4 rings (SSSR count). The van der Waals surface area contributed by atoms with E-state index < -0.39 is 43.3 Å². The molecule has 0 unspecified atom stereocenters. The number of hydrogen-bond donors (Lipinski definition) is 1. The van der Waals surface area contributed by atoms with Crippen LogP contribution in [0.2, 0.25) is 0 Å². The molecule has 1 aliphatic rings. The van der Waals surface area contributed by atoms with Crippen LogP contribution in [-0.4, -0.2) is 53.9 Å². The Bertz CT molecular complexity index is 1250. The Morgan fingerprint density at radius 2 is 1.94 bits per heavy atom. The Morgan fingerprint density at radius 1 is 1.21 bits per heavy atom. The minimum Gasteiger partial charge on any atom is -0.497 e. The van der Waals surface area contributed by atoms with Crippen molar-refractivity contribution < 1.29 is 23.1 Å². The number of likely N-dealkylation sites (tertiary alicyclic amines) is 1. The number of benzene rings is 2. The van der Waals surface area contributed by atoms with E-state index in [1.165, 1.54) is 12.3 Å². The SMILES string of the molecule is COc1ccc(-c2ccc3nccc(C(=O)NCC(=O)N4CC(F)(F)C[C@H]4C#N)c3c2)cc1. The van der Waals surface area contributed by atoms with Crippen LogP contribution in [0.25, 0.3) is 22.0 Å². The van der Waals surface area contributed by atoms with E-state index in [0.717, 1.165) is 21.8 Å². The first kappa shape index (κ1) is 22.1. The van der Waals surface area contributed by atoms with Gasteiger partial charge in [-0.1, -0.05) is 18.2 Å². The van der Waals surface area contributed by atoms with Crippen molar-refractivity contribution >= 4 is 22.7 Å². The lowest BCUT2D eigenvalue weighted by Gasteiger charge is -2.19. The molecule has 3 aromatic rings. The number of carbonyl (C=O) groups is 2. The van der Waals surface area contributed by atoms with E-state index in [9.17, 15) is 18.4 Å². The van der Waals surface area contributed by atoms with Crippen molar-refractivity contribution in [2.75, 3.05) is 20.2 Å². The molecular weight excluding hydrogens is 430 g/mol. The van der Waals surface area contributed by atoms with E-state index in [-0.39, 0.29) is 0 Å². The largest absolute Gasteiger partial charge is 0.497 e. The number of nitrogens with zero attached hydrogens (tertiary/aromatic N) is 3. The number of methoxy groups -OCH3 is 1. The van der Waals surface area contributed by atoms with E-state index in [1.54, 1.807) is 19.2 Å². The van der Waals surface area contributed by atoms with E-state index >= 15 is 0 Å². The molecular formula is C24H20F2N4O3. The summed E-state index contributed by atoms with van der Waals surface area (Å²) in [6.07, 6.45) is 0.783. The zero-order valence-corrected chi connectivity index (χ0v) is 17.7. The van der Waals surface area contributed by atoms with Gasteiger partial charge in [-0.15, -0.1) is 0 Å². The summed E-state index contributed by atoms with van der Waals surface area (Å²) in [5.41, 5.74) is 2.67. The number of pyridine rings is 1. The second-order valence-electron chi connectivity index (χ2n) is 7.73. The van der Waals surface area contributed by atoms with Gasteiger partial charge in [-0.2, -0.15) is 5.26 Å². The van der Waals surface area contributed by atoms with Gasteiger partial charge in [0.2, 0.25) is 5.91 Å². The van der Waals surface area contributed by atoms with Crippen molar-refractivity contribution in [1.29, 1.82) is 5.26 Å². The van der Waals surface area contributed by atoms with Gasteiger partial charge in [-0.25, -0.2) is 8.78 Å². The zero-order valence-electron chi connectivity index (χ0n) is 17.7. The Morgan fingerprint density at radius 3 is 2.64 bits per heavy atom. The highest BCUT2D eigenvalue weighted by molar-refractivity contribution is 6.07. The average Bonchev–Trinajstić information content (AvgIpc) is 3.16. The van der Waals surface area contributed by atoms with Crippen molar-refractivity contribution in [3.63, 3.8) is 0 Å². The first-order chi connectivity index (χ1) is 15.8. The summed E-state index contributed by atoms with van der Waals surface area (Å²) in [5.74, 6) is -3.66. The van der Waals surface area contributed by atoms with E-state index in [2.05, 4.69) is 10.3 Å². The highest BCUT2D eigenvalue weighted by Gasteiger charge is 2.47. The summed E-state index contributed by atoms with van der Waals surface area (Å²) in [6.45, 7) is -1.32. The number of nitrogens with one attached hydrogen (secondary N) is 1. The first-order valence-corrected chi connectivity index (χ1v) is 10.2. The summed E-state index contributed by atoms with van der Waals surface area (Å²) in [4.78, 5) is 30.3. The van der Waals surface area contributed by atoms with Crippen molar-refractivity contribution in [2.45, 2.75) is 18.4 Å². The van der Waals surface area contributed by atoms with Gasteiger partial charge in [-0.3, -0.25) is 14.6 Å². The van der Waals surface area contributed by atoms with Gasteiger partial charge in [0.05, 0.1) is 37.3 Å². The number of alkyl halides is 2. The molecule has 1 fully saturated rings. The maximum atomic E-state index is 13.6. The molecule has 1 saturated heterocycles. The van der Waals surface area contributed by atoms with Gasteiger partial charge in [0.15, 0.2) is 0 Å². The monoisotopic (exact) mass is 450 g/mol. The smallest absolute Gasteiger partial charge is 0.268 e. The van der Waals surface area contributed by atoms with E-state index in [1.807, 2.05) is 36.4 Å². The normalized spacial score (nSPS) is 16.9. The number of hydrogen-bond acceptors (Lipinski definition) is 5. The minimum absolute atomic E-state index is 0.298. The lowest BCUT2D eigenvalue weighted by Crippen LogP contribution is -2.43. The van der Waals surface area contributed by atoms with E-state index in [0.29, 0.717) is 16.5 Å². The number of rotatable bonds is 5. The predicted octanol–water partition coefficient (Wildman–Crippen LogP) is 3.40. The molecule has 2 amide bonds. The molecule has 168 valence electrons. The Labute approximate surface area is 188 Å². The Hall–Kier alpha value is -4.06. The quantitative estimate of drug-likeness (QED) is 0.643. The van der Waals surface area contributed by atoms with Crippen LogP contribution in [0.15, 0.2) is 54.7 Å². The lowest BCUT2D eigenvalue weighted by molar-refractivity contribution is -0.131. The summed E-state index contributed by atoms with van der Waals surface area (Å²) >= 11 is 0. The molecule has 1 atom stereocenters.